The Kier molecular flexibility index (Phi) is 7.57. The number of imidazole rings is 1. The van der Waals surface area contributed by atoms with Crippen LogP contribution in [0.3, 0.4) is 0 Å². The molecule has 0 saturated heterocycles. The summed E-state index contributed by atoms with van der Waals surface area (Å²) in [5, 5.41) is 9.82. The van der Waals surface area contributed by atoms with Crippen molar-refractivity contribution in [2.75, 3.05) is 13.2 Å². The monoisotopic (exact) mass is 484 g/mol. The average Bonchev–Trinajstić information content (AvgIpc) is 3.15. The first kappa shape index (κ1) is 24.3. The first-order chi connectivity index (χ1) is 16.4. The Morgan fingerprint density at radius 2 is 1.97 bits per heavy atom. The standard InChI is InChI=1S/C25H29ClN4O4/c1-17(34-16-19-5-3-6-19)7-12-21-27-23-22(30(21)15-18-8-10-20(26)11-9-18)24(32)29(13-4-14-31)25(33)28(23)2/h8-11,17,19,31H,3-6,13-16H2,1-2H3. The van der Waals surface area contributed by atoms with Gasteiger partial charge in [-0.25, -0.2) is 9.78 Å². The van der Waals surface area contributed by atoms with E-state index >= 15 is 0 Å². The molecule has 1 N–H and O–H groups in total. The SMILES string of the molecule is CC(C#Cc1nc2c(c(=O)n(CCCO)c(=O)n2C)n1Cc1ccc(Cl)cc1)OCC1CCC1. The van der Waals surface area contributed by atoms with Gasteiger partial charge in [-0.15, -0.1) is 0 Å². The van der Waals surface area contributed by atoms with Gasteiger partial charge in [-0.05, 0) is 55.7 Å². The van der Waals surface area contributed by atoms with Gasteiger partial charge >= 0.3 is 5.69 Å². The maximum Gasteiger partial charge on any atom is 0.332 e. The van der Waals surface area contributed by atoms with Crippen molar-refractivity contribution in [3.8, 4) is 11.8 Å². The molecule has 8 nitrogen and oxygen atoms in total. The summed E-state index contributed by atoms with van der Waals surface area (Å²) in [6.07, 6.45) is 3.68. The van der Waals surface area contributed by atoms with Gasteiger partial charge < -0.3 is 14.4 Å². The molecule has 1 saturated carbocycles. The molecular weight excluding hydrogens is 456 g/mol. The average molecular weight is 485 g/mol. The van der Waals surface area contributed by atoms with Crippen molar-refractivity contribution in [2.45, 2.75) is 51.8 Å². The fourth-order valence-corrected chi connectivity index (χ4v) is 4.09. The lowest BCUT2D eigenvalue weighted by Gasteiger charge is -2.25. The molecular formula is C25H29ClN4O4. The molecule has 0 bridgehead atoms. The second kappa shape index (κ2) is 10.6. The Morgan fingerprint density at radius 3 is 2.62 bits per heavy atom. The summed E-state index contributed by atoms with van der Waals surface area (Å²) >= 11 is 6.04. The zero-order valence-corrected chi connectivity index (χ0v) is 20.2. The van der Waals surface area contributed by atoms with Gasteiger partial charge in [-0.3, -0.25) is 13.9 Å². The number of aryl methyl sites for hydroxylation is 1. The molecule has 3 aromatic rings. The number of benzene rings is 1. The molecule has 9 heteroatoms. The fourth-order valence-electron chi connectivity index (χ4n) is 3.97. The summed E-state index contributed by atoms with van der Waals surface area (Å²) in [6.45, 7) is 2.93. The quantitative estimate of drug-likeness (QED) is 0.496. The number of rotatable bonds is 8. The number of aromatic nitrogens is 4. The number of aliphatic hydroxyl groups is 1. The number of hydrogen-bond acceptors (Lipinski definition) is 5. The molecule has 0 radical (unpaired) electrons. The van der Waals surface area contributed by atoms with Crippen LogP contribution in [-0.4, -0.2) is 43.1 Å². The second-order valence-electron chi connectivity index (χ2n) is 8.74. The lowest BCUT2D eigenvalue weighted by molar-refractivity contribution is 0.0478. The van der Waals surface area contributed by atoms with Crippen LogP contribution < -0.4 is 11.2 Å². The topological polar surface area (TPSA) is 91.3 Å². The molecule has 4 rings (SSSR count). The van der Waals surface area contributed by atoms with Crippen LogP contribution in [0.5, 0.6) is 0 Å². The highest BCUT2D eigenvalue weighted by molar-refractivity contribution is 6.30. The number of nitrogens with zero attached hydrogens (tertiary/aromatic N) is 4. The highest BCUT2D eigenvalue weighted by atomic mass is 35.5. The number of hydrogen-bond donors (Lipinski definition) is 1. The van der Waals surface area contributed by atoms with Gasteiger partial charge in [0, 0.05) is 25.2 Å². The van der Waals surface area contributed by atoms with E-state index in [4.69, 9.17) is 16.3 Å². The third-order valence-electron chi connectivity index (χ3n) is 6.22. The molecule has 1 aliphatic rings. The van der Waals surface area contributed by atoms with E-state index in [0.717, 1.165) is 10.1 Å². The normalized spacial score (nSPS) is 14.6. The first-order valence-corrected chi connectivity index (χ1v) is 12.0. The Balaban J connectivity index is 1.78. The third kappa shape index (κ3) is 5.12. The van der Waals surface area contributed by atoms with Crippen molar-refractivity contribution in [2.24, 2.45) is 13.0 Å². The van der Waals surface area contributed by atoms with Gasteiger partial charge in [0.05, 0.1) is 13.2 Å². The van der Waals surface area contributed by atoms with E-state index in [1.54, 1.807) is 23.7 Å². The number of ether oxygens (including phenoxy) is 1. The summed E-state index contributed by atoms with van der Waals surface area (Å²) in [7, 11) is 1.58. The molecule has 180 valence electrons. The second-order valence-corrected chi connectivity index (χ2v) is 9.17. The van der Waals surface area contributed by atoms with Crippen LogP contribution in [0, 0.1) is 17.8 Å². The predicted molar refractivity (Wildman–Crippen MR) is 131 cm³/mol. The van der Waals surface area contributed by atoms with E-state index in [9.17, 15) is 14.7 Å². The van der Waals surface area contributed by atoms with Crippen LogP contribution in [0.1, 0.15) is 44.0 Å². The Bertz CT molecular complexity index is 1340. The first-order valence-electron chi connectivity index (χ1n) is 11.6. The number of aliphatic hydroxyl groups excluding tert-OH is 1. The van der Waals surface area contributed by atoms with Gasteiger partial charge in [0.2, 0.25) is 0 Å². The minimum atomic E-state index is -0.473. The van der Waals surface area contributed by atoms with Crippen molar-refractivity contribution in [3.63, 3.8) is 0 Å². The van der Waals surface area contributed by atoms with E-state index in [2.05, 4.69) is 16.8 Å². The summed E-state index contributed by atoms with van der Waals surface area (Å²) < 4.78 is 10.1. The predicted octanol–water partition coefficient (Wildman–Crippen LogP) is 2.54. The maximum atomic E-state index is 13.4. The molecule has 1 atom stereocenters. The number of fused-ring (bicyclic) bond motifs is 1. The summed E-state index contributed by atoms with van der Waals surface area (Å²) in [4.78, 5) is 30.7. The van der Waals surface area contributed by atoms with Crippen molar-refractivity contribution in [1.29, 1.82) is 0 Å². The summed E-state index contributed by atoms with van der Waals surface area (Å²) in [6, 6.07) is 7.32. The van der Waals surface area contributed by atoms with Gasteiger partial charge in [-0.2, -0.15) is 0 Å². The minimum absolute atomic E-state index is 0.118. The largest absolute Gasteiger partial charge is 0.396 e. The van der Waals surface area contributed by atoms with Gasteiger partial charge in [0.15, 0.2) is 17.0 Å². The number of halogens is 1. The lowest BCUT2D eigenvalue weighted by atomic mass is 9.86. The van der Waals surface area contributed by atoms with E-state index < -0.39 is 11.2 Å². The molecule has 1 aromatic carbocycles. The van der Waals surface area contributed by atoms with Crippen LogP contribution in [0.25, 0.3) is 11.2 Å². The van der Waals surface area contributed by atoms with Gasteiger partial charge in [0.25, 0.3) is 5.56 Å². The Hall–Kier alpha value is -2.86. The molecule has 1 unspecified atom stereocenters. The highest BCUT2D eigenvalue weighted by Gasteiger charge is 2.20. The molecule has 2 aromatic heterocycles. The van der Waals surface area contributed by atoms with Crippen LogP contribution >= 0.6 is 11.6 Å². The summed E-state index contributed by atoms with van der Waals surface area (Å²) in [5.74, 6) is 7.17. The smallest absolute Gasteiger partial charge is 0.332 e. The Morgan fingerprint density at radius 1 is 1.24 bits per heavy atom. The fraction of sp³-hybridized carbons (Fsp3) is 0.480. The van der Waals surface area contributed by atoms with Crippen LogP contribution in [0.15, 0.2) is 33.9 Å². The van der Waals surface area contributed by atoms with Crippen LogP contribution in [0.2, 0.25) is 5.02 Å². The zero-order chi connectivity index (χ0) is 24.2. The van der Waals surface area contributed by atoms with E-state index in [-0.39, 0.29) is 24.9 Å². The van der Waals surface area contributed by atoms with Crippen LogP contribution in [0.4, 0.5) is 0 Å². The Labute approximate surface area is 202 Å². The van der Waals surface area contributed by atoms with Gasteiger partial charge in [0.1, 0.15) is 6.10 Å². The lowest BCUT2D eigenvalue weighted by Crippen LogP contribution is -2.40. The molecule has 1 aliphatic carbocycles. The van der Waals surface area contributed by atoms with Crippen molar-refractivity contribution in [3.05, 3.63) is 61.5 Å². The molecule has 0 spiro atoms. The molecule has 34 heavy (non-hydrogen) atoms. The van der Waals surface area contributed by atoms with Crippen molar-refractivity contribution in [1.82, 2.24) is 18.7 Å². The highest BCUT2D eigenvalue weighted by Crippen LogP contribution is 2.26. The zero-order valence-electron chi connectivity index (χ0n) is 19.5. The third-order valence-corrected chi connectivity index (χ3v) is 6.47. The summed E-state index contributed by atoms with van der Waals surface area (Å²) in [5.41, 5.74) is 0.559. The van der Waals surface area contributed by atoms with Crippen molar-refractivity contribution < 1.29 is 9.84 Å². The molecule has 1 fully saturated rings. The molecule has 0 aliphatic heterocycles. The van der Waals surface area contributed by atoms with E-state index in [1.807, 2.05) is 19.1 Å². The van der Waals surface area contributed by atoms with Gasteiger partial charge in [-0.1, -0.05) is 36.1 Å². The van der Waals surface area contributed by atoms with E-state index in [1.165, 1.54) is 23.8 Å². The van der Waals surface area contributed by atoms with Crippen LogP contribution in [-0.2, 0) is 24.9 Å². The molecule has 2 heterocycles. The molecule has 0 amide bonds. The maximum absolute atomic E-state index is 13.4. The van der Waals surface area contributed by atoms with E-state index in [0.29, 0.717) is 41.9 Å². The minimum Gasteiger partial charge on any atom is -0.396 e. The van der Waals surface area contributed by atoms with Crippen molar-refractivity contribution >= 4 is 22.8 Å².